The Kier molecular flexibility index (Phi) is 8.25. The lowest BCUT2D eigenvalue weighted by atomic mass is 9.81. The quantitative estimate of drug-likeness (QED) is 0.160. The van der Waals surface area contributed by atoms with Crippen LogP contribution < -0.4 is 0 Å². The number of methoxy groups -OCH3 is 1. The molecule has 2 heterocycles. The Bertz CT molecular complexity index is 1340. The number of carbonyl (C=O) groups excluding carboxylic acids is 1. The van der Waals surface area contributed by atoms with Crippen molar-refractivity contribution >= 4 is 51.0 Å². The number of nitrogens with one attached hydrogen (secondary N) is 2. The highest BCUT2D eigenvalue weighted by Crippen LogP contribution is 2.44. The summed E-state index contributed by atoms with van der Waals surface area (Å²) in [6.07, 6.45) is 8.34. The predicted octanol–water partition coefficient (Wildman–Crippen LogP) is 8.48. The van der Waals surface area contributed by atoms with Gasteiger partial charge in [0.1, 0.15) is 0 Å². The summed E-state index contributed by atoms with van der Waals surface area (Å²) in [6.45, 7) is 5.68. The molecule has 0 unspecified atom stereocenters. The fourth-order valence-electron chi connectivity index (χ4n) is 5.04. The van der Waals surface area contributed by atoms with E-state index in [0.29, 0.717) is 23.2 Å². The molecule has 184 valence electrons. The minimum atomic E-state index is -0.302. The van der Waals surface area contributed by atoms with Gasteiger partial charge < -0.3 is 14.7 Å². The van der Waals surface area contributed by atoms with Crippen molar-refractivity contribution in [1.29, 1.82) is 0 Å². The minimum absolute atomic E-state index is 0.302. The van der Waals surface area contributed by atoms with Crippen LogP contribution in [0.5, 0.6) is 0 Å². The van der Waals surface area contributed by atoms with Crippen molar-refractivity contribution in [3.8, 4) is 11.3 Å². The number of aryl methyl sites for hydroxylation is 1. The van der Waals surface area contributed by atoms with Crippen LogP contribution in [-0.4, -0.2) is 34.8 Å². The van der Waals surface area contributed by atoms with Crippen LogP contribution in [0.1, 0.15) is 59.5 Å². The topological polar surface area (TPSA) is 57.9 Å². The van der Waals surface area contributed by atoms with E-state index >= 15 is 0 Å². The van der Waals surface area contributed by atoms with Crippen molar-refractivity contribution in [1.82, 2.24) is 9.97 Å². The van der Waals surface area contributed by atoms with Gasteiger partial charge in [0.25, 0.3) is 0 Å². The van der Waals surface area contributed by atoms with Gasteiger partial charge in [0.15, 0.2) is 0 Å². The molecule has 0 atom stereocenters. The second-order valence-electron chi connectivity index (χ2n) is 9.21. The monoisotopic (exact) mass is 510 g/mol. The molecule has 5 rings (SSSR count). The minimum Gasteiger partial charge on any atom is -0.465 e. The number of hydrogen-bond acceptors (Lipinski definition) is 2. The van der Waals surface area contributed by atoms with E-state index in [9.17, 15) is 4.79 Å². The first-order valence-electron chi connectivity index (χ1n) is 12.1. The molecule has 1 fully saturated rings. The highest BCUT2D eigenvalue weighted by atomic mass is 35.5. The summed E-state index contributed by atoms with van der Waals surface area (Å²) < 4.78 is 4.93. The summed E-state index contributed by atoms with van der Waals surface area (Å²) in [5.41, 5.74) is 8.68. The molecule has 4 aromatic rings. The standard InChI is InChI=1S/C25H26N2O2.C4H6Cl2/c1-15-8-10-20(23-18(15)12-13-26-23)24-22(16-6-4-3-5-7-16)19-11-9-17(25(28)29-2)14-21(19)27-24;1-4(2-5)3-6/h8-14,16,26-27H,3-7H2,1-2H3;1-3H2. The summed E-state index contributed by atoms with van der Waals surface area (Å²) in [4.78, 5) is 19.2. The van der Waals surface area contributed by atoms with Crippen molar-refractivity contribution < 1.29 is 9.53 Å². The van der Waals surface area contributed by atoms with Crippen LogP contribution >= 0.6 is 23.2 Å². The van der Waals surface area contributed by atoms with Gasteiger partial charge in [0, 0.05) is 39.8 Å². The predicted molar refractivity (Wildman–Crippen MR) is 148 cm³/mol. The van der Waals surface area contributed by atoms with E-state index in [-0.39, 0.29) is 5.97 Å². The number of allylic oxidation sites excluding steroid dienone is 1. The largest absolute Gasteiger partial charge is 0.465 e. The van der Waals surface area contributed by atoms with Crippen molar-refractivity contribution in [2.75, 3.05) is 18.9 Å². The fourth-order valence-corrected chi connectivity index (χ4v) is 5.32. The number of fused-ring (bicyclic) bond motifs is 2. The van der Waals surface area contributed by atoms with E-state index < -0.39 is 0 Å². The van der Waals surface area contributed by atoms with Crippen LogP contribution in [0.3, 0.4) is 0 Å². The first-order chi connectivity index (χ1) is 17.0. The zero-order chi connectivity index (χ0) is 24.9. The van der Waals surface area contributed by atoms with Crippen molar-refractivity contribution in [3.05, 3.63) is 71.4 Å². The number of hydrogen-bond donors (Lipinski definition) is 2. The van der Waals surface area contributed by atoms with E-state index in [1.165, 1.54) is 77.9 Å². The molecule has 0 spiro atoms. The van der Waals surface area contributed by atoms with Crippen LogP contribution in [0.15, 0.2) is 54.7 Å². The summed E-state index contributed by atoms with van der Waals surface area (Å²) >= 11 is 10.5. The maximum atomic E-state index is 12.1. The van der Waals surface area contributed by atoms with Gasteiger partial charge in [-0.25, -0.2) is 4.79 Å². The Morgan fingerprint density at radius 3 is 2.46 bits per heavy atom. The molecule has 0 amide bonds. The number of carbonyl (C=O) groups is 1. The Labute approximate surface area is 216 Å². The number of benzene rings is 2. The van der Waals surface area contributed by atoms with E-state index in [4.69, 9.17) is 27.9 Å². The molecule has 1 aliphatic carbocycles. The SMILES string of the molecule is C=C(CCl)CCl.COC(=O)c1ccc2c(C3CCCCC3)c(-c3ccc(C)c4cc[nH]c34)[nH]c2c1. The van der Waals surface area contributed by atoms with Gasteiger partial charge >= 0.3 is 5.97 Å². The maximum absolute atomic E-state index is 12.1. The lowest BCUT2D eigenvalue weighted by Crippen LogP contribution is -2.05. The summed E-state index contributed by atoms with van der Waals surface area (Å²) in [6, 6.07) is 12.5. The number of alkyl halides is 2. The van der Waals surface area contributed by atoms with Gasteiger partial charge in [-0.3, -0.25) is 0 Å². The first-order valence-corrected chi connectivity index (χ1v) is 13.1. The van der Waals surface area contributed by atoms with Gasteiger partial charge in [-0.1, -0.05) is 44.0 Å². The van der Waals surface area contributed by atoms with E-state index in [2.05, 4.69) is 47.7 Å². The van der Waals surface area contributed by atoms with Gasteiger partial charge in [-0.05, 0) is 60.6 Å². The molecule has 0 aliphatic heterocycles. The van der Waals surface area contributed by atoms with E-state index in [0.717, 1.165) is 11.1 Å². The number of aromatic nitrogens is 2. The average Bonchev–Trinajstić information content (AvgIpc) is 3.54. The van der Waals surface area contributed by atoms with Gasteiger partial charge in [0.05, 0.1) is 23.9 Å². The molecule has 0 radical (unpaired) electrons. The number of esters is 1. The highest BCUT2D eigenvalue weighted by Gasteiger charge is 2.25. The number of aromatic amines is 2. The second-order valence-corrected chi connectivity index (χ2v) is 9.75. The normalized spacial score (nSPS) is 14.1. The lowest BCUT2D eigenvalue weighted by Gasteiger charge is -2.23. The average molecular weight is 511 g/mol. The van der Waals surface area contributed by atoms with E-state index in [1.54, 1.807) is 0 Å². The van der Waals surface area contributed by atoms with Gasteiger partial charge in [-0.15, -0.1) is 23.2 Å². The molecule has 2 N–H and O–H groups in total. The Balaban J connectivity index is 0.000000431. The smallest absolute Gasteiger partial charge is 0.337 e. The molecular weight excluding hydrogens is 479 g/mol. The molecule has 1 saturated carbocycles. The molecule has 0 saturated heterocycles. The maximum Gasteiger partial charge on any atom is 0.337 e. The van der Waals surface area contributed by atoms with E-state index in [1.807, 2.05) is 18.3 Å². The number of H-pyrrole nitrogens is 2. The summed E-state index contributed by atoms with van der Waals surface area (Å²) in [5, 5.41) is 2.48. The Hall–Kier alpha value is -2.69. The van der Waals surface area contributed by atoms with Crippen LogP contribution in [0.25, 0.3) is 33.1 Å². The van der Waals surface area contributed by atoms with Crippen molar-refractivity contribution in [2.24, 2.45) is 0 Å². The fraction of sp³-hybridized carbons (Fsp3) is 0.345. The van der Waals surface area contributed by atoms with Crippen LogP contribution in [0.2, 0.25) is 0 Å². The van der Waals surface area contributed by atoms with Crippen LogP contribution in [-0.2, 0) is 4.74 Å². The lowest BCUT2D eigenvalue weighted by molar-refractivity contribution is 0.0601. The Morgan fingerprint density at radius 1 is 1.06 bits per heavy atom. The van der Waals surface area contributed by atoms with Crippen molar-refractivity contribution in [3.63, 3.8) is 0 Å². The molecule has 2 aromatic carbocycles. The zero-order valence-corrected chi connectivity index (χ0v) is 21.9. The molecule has 35 heavy (non-hydrogen) atoms. The molecule has 6 heteroatoms. The second kappa shape index (κ2) is 11.4. The summed E-state index contributed by atoms with van der Waals surface area (Å²) in [7, 11) is 1.42. The molecule has 4 nitrogen and oxygen atoms in total. The molecule has 0 bridgehead atoms. The summed E-state index contributed by atoms with van der Waals surface area (Å²) in [5.74, 6) is 1.19. The third kappa shape index (κ3) is 5.29. The number of rotatable bonds is 5. The molecule has 1 aliphatic rings. The first kappa shape index (κ1) is 25.4. The molecular formula is C29H32Cl2N2O2. The third-order valence-corrected chi connectivity index (χ3v) is 7.62. The van der Waals surface area contributed by atoms with Crippen molar-refractivity contribution in [2.45, 2.75) is 44.9 Å². The third-order valence-electron chi connectivity index (χ3n) is 6.86. The Morgan fingerprint density at radius 2 is 1.80 bits per heavy atom. The van der Waals surface area contributed by atoms with Gasteiger partial charge in [-0.2, -0.15) is 0 Å². The van der Waals surface area contributed by atoms with Gasteiger partial charge in [0.2, 0.25) is 0 Å². The van der Waals surface area contributed by atoms with Crippen LogP contribution in [0.4, 0.5) is 0 Å². The highest BCUT2D eigenvalue weighted by molar-refractivity contribution is 6.23. The number of halogens is 2. The molecule has 2 aromatic heterocycles. The van der Waals surface area contributed by atoms with Crippen LogP contribution in [0, 0.1) is 6.92 Å². The zero-order valence-electron chi connectivity index (χ0n) is 20.3. The number of ether oxygens (including phenoxy) is 1.